The Morgan fingerprint density at radius 2 is 2.25 bits per heavy atom. The monoisotopic (exact) mass is 218 g/mol. The number of benzene rings is 1. The van der Waals surface area contributed by atoms with E-state index in [0.29, 0.717) is 30.1 Å². The predicted molar refractivity (Wildman–Crippen MR) is 61.9 cm³/mol. The fourth-order valence-electron chi connectivity index (χ4n) is 1.24. The molecule has 3 heteroatoms. The minimum Gasteiger partial charge on any atom is -0.493 e. The Balaban J connectivity index is 2.68. The number of methoxy groups -OCH3 is 1. The second kappa shape index (κ2) is 6.52. The van der Waals surface area contributed by atoms with Crippen LogP contribution in [0.25, 0.3) is 0 Å². The molecule has 0 aromatic heterocycles. The Labute approximate surface area is 95.4 Å². The van der Waals surface area contributed by atoms with Gasteiger partial charge in [0, 0.05) is 12.0 Å². The van der Waals surface area contributed by atoms with Gasteiger partial charge in [-0.15, -0.1) is 12.3 Å². The zero-order valence-electron chi connectivity index (χ0n) is 9.23. The van der Waals surface area contributed by atoms with Gasteiger partial charge in [-0.2, -0.15) is 0 Å². The first kappa shape index (κ1) is 12.1. The minimum atomic E-state index is 0.517. The molecular formula is C13H14O3. The Bertz CT molecular complexity index is 391. The van der Waals surface area contributed by atoms with E-state index in [4.69, 9.17) is 15.9 Å². The van der Waals surface area contributed by atoms with Crippen LogP contribution in [0.5, 0.6) is 11.5 Å². The molecule has 0 unspecified atom stereocenters. The van der Waals surface area contributed by atoms with Gasteiger partial charge in [0.2, 0.25) is 0 Å². The van der Waals surface area contributed by atoms with Crippen molar-refractivity contribution in [2.75, 3.05) is 13.7 Å². The first-order chi connectivity index (χ1) is 7.81. The molecule has 1 aromatic carbocycles. The molecule has 0 aliphatic carbocycles. The van der Waals surface area contributed by atoms with Crippen LogP contribution in [-0.2, 0) is 0 Å². The first-order valence-corrected chi connectivity index (χ1v) is 5.01. The Morgan fingerprint density at radius 3 is 2.88 bits per heavy atom. The molecule has 0 saturated carbocycles. The van der Waals surface area contributed by atoms with Crippen molar-refractivity contribution in [1.29, 1.82) is 0 Å². The van der Waals surface area contributed by atoms with Crippen LogP contribution in [0.1, 0.15) is 23.2 Å². The van der Waals surface area contributed by atoms with Crippen LogP contribution in [-0.4, -0.2) is 20.0 Å². The van der Waals surface area contributed by atoms with Crippen LogP contribution in [0.3, 0.4) is 0 Å². The molecule has 0 fully saturated rings. The molecule has 0 saturated heterocycles. The van der Waals surface area contributed by atoms with E-state index >= 15 is 0 Å². The van der Waals surface area contributed by atoms with E-state index in [1.165, 1.54) is 0 Å². The molecule has 0 bridgehead atoms. The molecule has 0 atom stereocenters. The average Bonchev–Trinajstić information content (AvgIpc) is 2.34. The van der Waals surface area contributed by atoms with Crippen molar-refractivity contribution in [1.82, 2.24) is 0 Å². The van der Waals surface area contributed by atoms with E-state index in [1.807, 2.05) is 0 Å². The fraction of sp³-hybridized carbons (Fsp3) is 0.308. The van der Waals surface area contributed by atoms with Crippen LogP contribution in [0, 0.1) is 12.3 Å². The minimum absolute atomic E-state index is 0.517. The van der Waals surface area contributed by atoms with Crippen molar-refractivity contribution < 1.29 is 14.3 Å². The van der Waals surface area contributed by atoms with E-state index in [2.05, 4.69) is 5.92 Å². The summed E-state index contributed by atoms with van der Waals surface area (Å²) in [6.45, 7) is 0.517. The Hall–Kier alpha value is -1.95. The number of hydrogen-bond donors (Lipinski definition) is 0. The van der Waals surface area contributed by atoms with Gasteiger partial charge in [0.05, 0.1) is 13.7 Å². The maximum absolute atomic E-state index is 10.6. The van der Waals surface area contributed by atoms with E-state index in [9.17, 15) is 4.79 Å². The van der Waals surface area contributed by atoms with Crippen LogP contribution in [0.2, 0.25) is 0 Å². The third-order valence-electron chi connectivity index (χ3n) is 2.05. The summed E-state index contributed by atoms with van der Waals surface area (Å²) in [5, 5.41) is 0. The van der Waals surface area contributed by atoms with Crippen molar-refractivity contribution in [2.24, 2.45) is 0 Å². The van der Waals surface area contributed by atoms with Gasteiger partial charge >= 0.3 is 0 Å². The van der Waals surface area contributed by atoms with Crippen LogP contribution in [0.15, 0.2) is 18.2 Å². The lowest BCUT2D eigenvalue weighted by atomic mass is 10.2. The third kappa shape index (κ3) is 3.32. The summed E-state index contributed by atoms with van der Waals surface area (Å²) >= 11 is 0. The van der Waals surface area contributed by atoms with E-state index < -0.39 is 0 Å². The van der Waals surface area contributed by atoms with Crippen molar-refractivity contribution in [3.8, 4) is 23.8 Å². The van der Waals surface area contributed by atoms with Gasteiger partial charge in [0.25, 0.3) is 0 Å². The number of unbranched alkanes of at least 4 members (excludes halogenated alkanes) is 1. The number of aldehydes is 1. The maximum Gasteiger partial charge on any atom is 0.161 e. The van der Waals surface area contributed by atoms with E-state index in [-0.39, 0.29) is 0 Å². The van der Waals surface area contributed by atoms with Crippen LogP contribution in [0.4, 0.5) is 0 Å². The normalized spacial score (nSPS) is 9.25. The summed E-state index contributed by atoms with van der Waals surface area (Å²) in [4.78, 5) is 10.6. The molecule has 3 nitrogen and oxygen atoms in total. The van der Waals surface area contributed by atoms with Gasteiger partial charge in [0.1, 0.15) is 6.29 Å². The van der Waals surface area contributed by atoms with Gasteiger partial charge in [-0.25, -0.2) is 0 Å². The van der Waals surface area contributed by atoms with Gasteiger partial charge in [-0.1, -0.05) is 0 Å². The molecule has 0 spiro atoms. The Kier molecular flexibility index (Phi) is 4.94. The lowest BCUT2D eigenvalue weighted by Gasteiger charge is -2.10. The summed E-state index contributed by atoms with van der Waals surface area (Å²) < 4.78 is 10.6. The van der Waals surface area contributed by atoms with Crippen molar-refractivity contribution in [2.45, 2.75) is 12.8 Å². The molecule has 16 heavy (non-hydrogen) atoms. The standard InChI is InChI=1S/C13H14O3/c1-3-4-5-8-16-13-9-11(10-14)6-7-12(13)15-2/h1,6-7,9-10H,4-5,8H2,2H3. The zero-order valence-corrected chi connectivity index (χ0v) is 9.23. The lowest BCUT2D eigenvalue weighted by molar-refractivity contribution is 0.112. The maximum atomic E-state index is 10.6. The highest BCUT2D eigenvalue weighted by Crippen LogP contribution is 2.27. The molecule has 0 amide bonds. The molecular weight excluding hydrogens is 204 g/mol. The van der Waals surface area contributed by atoms with Crippen molar-refractivity contribution in [3.05, 3.63) is 23.8 Å². The summed E-state index contributed by atoms with van der Waals surface area (Å²) in [5.41, 5.74) is 0.563. The number of carbonyl (C=O) groups is 1. The molecule has 84 valence electrons. The highest BCUT2D eigenvalue weighted by atomic mass is 16.5. The smallest absolute Gasteiger partial charge is 0.161 e. The highest BCUT2D eigenvalue weighted by molar-refractivity contribution is 5.76. The predicted octanol–water partition coefficient (Wildman–Crippen LogP) is 2.30. The molecule has 0 aliphatic heterocycles. The number of hydrogen-bond acceptors (Lipinski definition) is 3. The second-order valence-electron chi connectivity index (χ2n) is 3.18. The molecule has 0 radical (unpaired) electrons. The SMILES string of the molecule is C#CCCCOc1cc(C=O)ccc1OC. The molecule has 1 rings (SSSR count). The Morgan fingerprint density at radius 1 is 1.44 bits per heavy atom. The van der Waals surface area contributed by atoms with Crippen LogP contribution < -0.4 is 9.47 Å². The average molecular weight is 218 g/mol. The largest absolute Gasteiger partial charge is 0.493 e. The molecule has 0 heterocycles. The van der Waals surface area contributed by atoms with Gasteiger partial charge in [0.15, 0.2) is 11.5 Å². The third-order valence-corrected chi connectivity index (χ3v) is 2.05. The fourth-order valence-corrected chi connectivity index (χ4v) is 1.24. The van der Waals surface area contributed by atoms with Gasteiger partial charge < -0.3 is 9.47 Å². The zero-order chi connectivity index (χ0) is 11.8. The van der Waals surface area contributed by atoms with Gasteiger partial charge in [-0.3, -0.25) is 4.79 Å². The number of terminal acetylenes is 1. The van der Waals surface area contributed by atoms with Gasteiger partial charge in [-0.05, 0) is 24.6 Å². The number of ether oxygens (including phenoxy) is 2. The molecule has 1 aromatic rings. The lowest BCUT2D eigenvalue weighted by Crippen LogP contribution is -1.99. The molecule has 0 N–H and O–H groups in total. The van der Waals surface area contributed by atoms with Crippen LogP contribution >= 0.6 is 0 Å². The van der Waals surface area contributed by atoms with Crippen molar-refractivity contribution in [3.63, 3.8) is 0 Å². The molecule has 0 aliphatic rings. The quantitative estimate of drug-likeness (QED) is 0.417. The summed E-state index contributed by atoms with van der Waals surface area (Å²) in [6, 6.07) is 5.04. The van der Waals surface area contributed by atoms with Crippen molar-refractivity contribution >= 4 is 6.29 Å². The first-order valence-electron chi connectivity index (χ1n) is 5.01. The van der Waals surface area contributed by atoms with E-state index in [0.717, 1.165) is 12.7 Å². The van der Waals surface area contributed by atoms with E-state index in [1.54, 1.807) is 25.3 Å². The second-order valence-corrected chi connectivity index (χ2v) is 3.18. The summed E-state index contributed by atoms with van der Waals surface area (Å²) in [6.07, 6.45) is 7.36. The number of rotatable bonds is 6. The highest BCUT2D eigenvalue weighted by Gasteiger charge is 2.04. The topological polar surface area (TPSA) is 35.5 Å². The number of carbonyl (C=O) groups excluding carboxylic acids is 1. The summed E-state index contributed by atoms with van der Waals surface area (Å²) in [7, 11) is 1.56. The summed E-state index contributed by atoms with van der Waals surface area (Å²) in [5.74, 6) is 3.73.